The van der Waals surface area contributed by atoms with Crippen LogP contribution in [0.15, 0.2) is 64.4 Å². The van der Waals surface area contributed by atoms with E-state index in [9.17, 15) is 13.2 Å². The van der Waals surface area contributed by atoms with Crippen molar-refractivity contribution in [3.63, 3.8) is 0 Å². The second-order valence-corrected chi connectivity index (χ2v) is 6.17. The number of allylic oxidation sites excluding steroid dienone is 1. The van der Waals surface area contributed by atoms with Gasteiger partial charge in [-0.3, -0.25) is 4.98 Å². The van der Waals surface area contributed by atoms with E-state index in [0.717, 1.165) is 18.0 Å². The zero-order chi connectivity index (χ0) is 20.4. The Hall–Kier alpha value is -3.63. The van der Waals surface area contributed by atoms with E-state index in [1.807, 2.05) is 0 Å². The smallest absolute Gasteiger partial charge is 0.265 e. The molecule has 1 aliphatic heterocycles. The van der Waals surface area contributed by atoms with Crippen LogP contribution in [0.1, 0.15) is 30.6 Å². The molecule has 0 fully saturated rings. The second kappa shape index (κ2) is 7.78. The molecule has 0 spiro atoms. The van der Waals surface area contributed by atoms with Gasteiger partial charge in [0.25, 0.3) is 6.43 Å². The summed E-state index contributed by atoms with van der Waals surface area (Å²) >= 11 is 0. The molecule has 4 heterocycles. The van der Waals surface area contributed by atoms with E-state index >= 15 is 0 Å². The molecule has 0 aromatic carbocycles. The normalized spacial score (nSPS) is 16.1. The van der Waals surface area contributed by atoms with Crippen molar-refractivity contribution in [3.05, 3.63) is 71.2 Å². The van der Waals surface area contributed by atoms with Crippen LogP contribution in [-0.4, -0.2) is 31.6 Å². The zero-order valence-electron chi connectivity index (χ0n) is 15.1. The van der Waals surface area contributed by atoms with Gasteiger partial charge in [0.1, 0.15) is 12.6 Å². The summed E-state index contributed by atoms with van der Waals surface area (Å²) in [5.74, 6) is 0.0987. The van der Waals surface area contributed by atoms with Crippen LogP contribution in [0.5, 0.6) is 5.88 Å². The fourth-order valence-electron chi connectivity index (χ4n) is 2.69. The van der Waals surface area contributed by atoms with E-state index in [4.69, 9.17) is 4.74 Å². The molecule has 0 radical (unpaired) electrons. The first kappa shape index (κ1) is 18.7. The van der Waals surface area contributed by atoms with Crippen molar-refractivity contribution in [1.82, 2.24) is 25.0 Å². The first-order chi connectivity index (χ1) is 14.0. The van der Waals surface area contributed by atoms with Gasteiger partial charge in [-0.15, -0.1) is 10.2 Å². The lowest BCUT2D eigenvalue weighted by Crippen LogP contribution is -2.10. The zero-order valence-corrected chi connectivity index (χ0v) is 15.1. The van der Waals surface area contributed by atoms with Crippen LogP contribution in [0.4, 0.5) is 13.2 Å². The maximum atomic E-state index is 13.0. The number of hydrogen-bond acceptors (Lipinski definition) is 7. The number of azo groups is 1. The van der Waals surface area contributed by atoms with E-state index in [1.54, 1.807) is 19.1 Å². The molecule has 0 N–H and O–H groups in total. The Bertz CT molecular complexity index is 1060. The van der Waals surface area contributed by atoms with Crippen LogP contribution < -0.4 is 4.74 Å². The third-order valence-electron chi connectivity index (χ3n) is 4.25. The van der Waals surface area contributed by atoms with Crippen molar-refractivity contribution in [2.45, 2.75) is 19.4 Å². The molecule has 8 nitrogen and oxygen atoms in total. The highest BCUT2D eigenvalue weighted by atomic mass is 19.3. The van der Waals surface area contributed by atoms with E-state index in [1.165, 1.54) is 23.0 Å². The first-order valence-electron chi connectivity index (χ1n) is 8.53. The molecule has 0 saturated carbocycles. The summed E-state index contributed by atoms with van der Waals surface area (Å²) in [6, 6.07) is 5.47. The highest BCUT2D eigenvalue weighted by Crippen LogP contribution is 2.34. The summed E-state index contributed by atoms with van der Waals surface area (Å²) in [7, 11) is 0. The van der Waals surface area contributed by atoms with Crippen molar-refractivity contribution < 1.29 is 17.9 Å². The predicted octanol–water partition coefficient (Wildman–Crippen LogP) is 3.99. The number of alkyl halides is 2. The van der Waals surface area contributed by atoms with Gasteiger partial charge in [0.05, 0.1) is 23.8 Å². The first-order valence-corrected chi connectivity index (χ1v) is 8.53. The lowest BCUT2D eigenvalue weighted by molar-refractivity contribution is 0.151. The molecular weight excluding hydrogens is 387 g/mol. The highest BCUT2D eigenvalue weighted by Gasteiger charge is 2.26. The standard InChI is InChI=1S/C18H14F3N7O/c1-10-13(17(27-24-10)14-3-2-11(6-22-14)18(20)21)9-29-16-5-4-15(25-26-16)28-8-12(19)7-23-28/h2-8,17-18H,9H2,1H3. The molecular formula is C18H14F3N7O. The Balaban J connectivity index is 1.44. The van der Waals surface area contributed by atoms with Gasteiger partial charge in [-0.25, -0.2) is 17.9 Å². The highest BCUT2D eigenvalue weighted by molar-refractivity contribution is 5.31. The minimum atomic E-state index is -2.58. The number of pyridine rings is 1. The number of ether oxygens (including phenoxy) is 1. The number of nitrogens with zero attached hydrogens (tertiary/aromatic N) is 7. The SMILES string of the molecule is CC1=C(COc2ccc(-n3cc(F)cn3)nn2)C(c2ccc(C(F)F)cn2)N=N1. The van der Waals surface area contributed by atoms with Gasteiger partial charge in [0.15, 0.2) is 11.6 Å². The van der Waals surface area contributed by atoms with Crippen molar-refractivity contribution in [2.24, 2.45) is 10.2 Å². The molecule has 3 aromatic rings. The van der Waals surface area contributed by atoms with Gasteiger partial charge in [0, 0.05) is 23.4 Å². The lowest BCUT2D eigenvalue weighted by atomic mass is 10.0. The van der Waals surface area contributed by atoms with Gasteiger partial charge in [-0.1, -0.05) is 0 Å². The monoisotopic (exact) mass is 401 g/mol. The molecule has 4 rings (SSSR count). The average Bonchev–Trinajstić information content (AvgIpc) is 3.32. The van der Waals surface area contributed by atoms with Gasteiger partial charge in [-0.2, -0.15) is 15.3 Å². The number of halogens is 3. The molecule has 1 unspecified atom stereocenters. The van der Waals surface area contributed by atoms with Crippen LogP contribution in [0.3, 0.4) is 0 Å². The summed E-state index contributed by atoms with van der Waals surface area (Å²) < 4.78 is 45.4. The van der Waals surface area contributed by atoms with Crippen LogP contribution in [0.25, 0.3) is 5.82 Å². The minimum absolute atomic E-state index is 0.117. The van der Waals surface area contributed by atoms with Crippen molar-refractivity contribution >= 4 is 0 Å². The topological polar surface area (TPSA) is 90.4 Å². The van der Waals surface area contributed by atoms with Gasteiger partial charge in [-0.05, 0) is 25.1 Å². The fraction of sp³-hybridized carbons (Fsp3) is 0.222. The van der Waals surface area contributed by atoms with Crippen LogP contribution in [0.2, 0.25) is 0 Å². The van der Waals surface area contributed by atoms with Crippen molar-refractivity contribution in [3.8, 4) is 11.7 Å². The Morgan fingerprint density at radius 3 is 2.62 bits per heavy atom. The predicted molar refractivity (Wildman–Crippen MR) is 94.1 cm³/mol. The molecule has 1 atom stereocenters. The second-order valence-electron chi connectivity index (χ2n) is 6.17. The number of hydrogen-bond donors (Lipinski definition) is 0. The summed E-state index contributed by atoms with van der Waals surface area (Å²) in [6.07, 6.45) is 0.791. The third kappa shape index (κ3) is 3.98. The largest absolute Gasteiger partial charge is 0.472 e. The summed E-state index contributed by atoms with van der Waals surface area (Å²) in [5.41, 5.74) is 1.74. The molecule has 0 bridgehead atoms. The van der Waals surface area contributed by atoms with Gasteiger partial charge in [0.2, 0.25) is 5.88 Å². The molecule has 0 amide bonds. The van der Waals surface area contributed by atoms with E-state index in [2.05, 4.69) is 30.5 Å². The van der Waals surface area contributed by atoms with Crippen LogP contribution in [0, 0.1) is 5.82 Å². The summed E-state index contributed by atoms with van der Waals surface area (Å²) in [6.45, 7) is 1.89. The molecule has 3 aromatic heterocycles. The average molecular weight is 401 g/mol. The Kier molecular flexibility index (Phi) is 5.02. The molecule has 1 aliphatic rings. The van der Waals surface area contributed by atoms with E-state index < -0.39 is 18.3 Å². The number of aromatic nitrogens is 5. The van der Waals surface area contributed by atoms with E-state index in [0.29, 0.717) is 17.2 Å². The van der Waals surface area contributed by atoms with E-state index in [-0.39, 0.29) is 18.1 Å². The molecule has 29 heavy (non-hydrogen) atoms. The lowest BCUT2D eigenvalue weighted by Gasteiger charge is -2.13. The van der Waals surface area contributed by atoms with Crippen LogP contribution in [-0.2, 0) is 0 Å². The Morgan fingerprint density at radius 2 is 2.00 bits per heavy atom. The van der Waals surface area contributed by atoms with Crippen molar-refractivity contribution in [2.75, 3.05) is 6.61 Å². The third-order valence-corrected chi connectivity index (χ3v) is 4.25. The molecule has 0 aliphatic carbocycles. The molecule has 0 saturated heterocycles. The fourth-order valence-corrected chi connectivity index (χ4v) is 2.69. The summed E-state index contributed by atoms with van der Waals surface area (Å²) in [5, 5.41) is 19.9. The maximum absolute atomic E-state index is 13.0. The number of rotatable bonds is 6. The van der Waals surface area contributed by atoms with Crippen molar-refractivity contribution in [1.29, 1.82) is 0 Å². The quantitative estimate of drug-likeness (QED) is 0.623. The van der Waals surface area contributed by atoms with Crippen LogP contribution >= 0.6 is 0 Å². The minimum Gasteiger partial charge on any atom is -0.472 e. The van der Waals surface area contributed by atoms with Gasteiger partial charge < -0.3 is 4.74 Å². The molecule has 148 valence electrons. The van der Waals surface area contributed by atoms with Gasteiger partial charge >= 0.3 is 0 Å². The summed E-state index contributed by atoms with van der Waals surface area (Å²) in [4.78, 5) is 4.08. The Morgan fingerprint density at radius 1 is 1.14 bits per heavy atom. The molecule has 11 heteroatoms. The maximum Gasteiger partial charge on any atom is 0.265 e. The Labute approximate surface area is 162 Å².